The summed E-state index contributed by atoms with van der Waals surface area (Å²) in [5.74, 6) is -0.309. The average Bonchev–Trinajstić information content (AvgIpc) is 2.35. The monoisotopic (exact) mass is 247 g/mol. The molecule has 0 aromatic heterocycles. The molecule has 1 aromatic rings. The number of rotatable bonds is 6. The Morgan fingerprint density at radius 1 is 1.61 bits per heavy atom. The minimum atomic E-state index is -0.475. The Morgan fingerprint density at radius 3 is 3.00 bits per heavy atom. The molecule has 0 amide bonds. The molecule has 0 heterocycles. The van der Waals surface area contributed by atoms with Crippen molar-refractivity contribution in [1.29, 1.82) is 5.26 Å². The van der Waals surface area contributed by atoms with Crippen LogP contribution in [0, 0.1) is 24.1 Å². The van der Waals surface area contributed by atoms with E-state index in [1.165, 1.54) is 12.1 Å². The van der Waals surface area contributed by atoms with E-state index in [0.717, 1.165) is 11.1 Å². The van der Waals surface area contributed by atoms with Crippen molar-refractivity contribution in [2.24, 2.45) is 5.11 Å². The maximum absolute atomic E-state index is 13.0. The quantitative estimate of drug-likeness (QED) is 0.362. The van der Waals surface area contributed by atoms with Crippen molar-refractivity contribution in [3.8, 4) is 6.07 Å². The molecule has 0 bridgehead atoms. The third-order valence-electron chi connectivity index (χ3n) is 2.52. The number of azide groups is 1. The number of halogens is 1. The molecule has 0 saturated heterocycles. The second kappa shape index (κ2) is 7.28. The van der Waals surface area contributed by atoms with Crippen LogP contribution in [0.3, 0.4) is 0 Å². The molecule has 0 spiro atoms. The van der Waals surface area contributed by atoms with Crippen LogP contribution in [0.25, 0.3) is 10.4 Å². The fourth-order valence-corrected chi connectivity index (χ4v) is 1.63. The van der Waals surface area contributed by atoms with Gasteiger partial charge in [0, 0.05) is 11.5 Å². The fourth-order valence-electron chi connectivity index (χ4n) is 1.63. The standard InChI is InChI=1S/C12H14FN5/c1-9-7-10(13)3-4-11(9)12(8-14)16-5-2-6-17-18-15/h3-4,7,12,16H,2,5-6H2,1H3. The van der Waals surface area contributed by atoms with Gasteiger partial charge in [-0.05, 0) is 48.7 Å². The zero-order chi connectivity index (χ0) is 13.4. The first-order valence-electron chi connectivity index (χ1n) is 5.59. The number of hydrogen-bond donors (Lipinski definition) is 1. The lowest BCUT2D eigenvalue weighted by Gasteiger charge is -2.13. The predicted molar refractivity (Wildman–Crippen MR) is 66.1 cm³/mol. The molecule has 0 aliphatic rings. The number of nitrogens with zero attached hydrogens (tertiary/aromatic N) is 4. The minimum Gasteiger partial charge on any atom is -0.298 e. The smallest absolute Gasteiger partial charge is 0.123 e. The summed E-state index contributed by atoms with van der Waals surface area (Å²) in [6.07, 6.45) is 0.655. The van der Waals surface area contributed by atoms with E-state index in [2.05, 4.69) is 21.4 Å². The molecule has 1 aromatic carbocycles. The Hall–Kier alpha value is -2.09. The molecular formula is C12H14FN5. The molecule has 0 saturated carbocycles. The third-order valence-corrected chi connectivity index (χ3v) is 2.52. The highest BCUT2D eigenvalue weighted by Crippen LogP contribution is 2.18. The van der Waals surface area contributed by atoms with Gasteiger partial charge in [0.2, 0.25) is 0 Å². The molecule has 0 aliphatic heterocycles. The van der Waals surface area contributed by atoms with Crippen molar-refractivity contribution in [1.82, 2.24) is 5.32 Å². The number of benzene rings is 1. The van der Waals surface area contributed by atoms with Crippen molar-refractivity contribution < 1.29 is 4.39 Å². The lowest BCUT2D eigenvalue weighted by Crippen LogP contribution is -2.22. The molecule has 5 nitrogen and oxygen atoms in total. The maximum Gasteiger partial charge on any atom is 0.123 e. The van der Waals surface area contributed by atoms with Crippen LogP contribution in [0.2, 0.25) is 0 Å². The lowest BCUT2D eigenvalue weighted by atomic mass is 10.0. The van der Waals surface area contributed by atoms with Gasteiger partial charge in [-0.15, -0.1) is 0 Å². The summed E-state index contributed by atoms with van der Waals surface area (Å²) < 4.78 is 13.0. The number of hydrogen-bond acceptors (Lipinski definition) is 3. The Kier molecular flexibility index (Phi) is 5.65. The zero-order valence-electron chi connectivity index (χ0n) is 10.1. The molecule has 0 aliphatic carbocycles. The van der Waals surface area contributed by atoms with E-state index in [-0.39, 0.29) is 5.82 Å². The summed E-state index contributed by atoms with van der Waals surface area (Å²) in [5.41, 5.74) is 9.62. The van der Waals surface area contributed by atoms with Crippen LogP contribution in [0.15, 0.2) is 23.3 Å². The van der Waals surface area contributed by atoms with Crippen LogP contribution in [0.1, 0.15) is 23.6 Å². The van der Waals surface area contributed by atoms with Gasteiger partial charge in [0.25, 0.3) is 0 Å². The topological polar surface area (TPSA) is 84.6 Å². The highest BCUT2D eigenvalue weighted by molar-refractivity contribution is 5.32. The van der Waals surface area contributed by atoms with E-state index in [9.17, 15) is 4.39 Å². The maximum atomic E-state index is 13.0. The second-order valence-corrected chi connectivity index (χ2v) is 3.83. The van der Waals surface area contributed by atoms with Crippen LogP contribution in [0.5, 0.6) is 0 Å². The normalized spacial score (nSPS) is 11.4. The van der Waals surface area contributed by atoms with Gasteiger partial charge < -0.3 is 0 Å². The SMILES string of the molecule is Cc1cc(F)ccc1C(C#N)NCCCN=[N+]=[N-]. The molecule has 94 valence electrons. The highest BCUT2D eigenvalue weighted by atomic mass is 19.1. The van der Waals surface area contributed by atoms with Crippen LogP contribution in [-0.2, 0) is 0 Å². The van der Waals surface area contributed by atoms with Crippen LogP contribution in [0.4, 0.5) is 4.39 Å². The third kappa shape index (κ3) is 4.06. The van der Waals surface area contributed by atoms with E-state index >= 15 is 0 Å². The molecule has 1 unspecified atom stereocenters. The summed E-state index contributed by atoms with van der Waals surface area (Å²) >= 11 is 0. The van der Waals surface area contributed by atoms with Crippen molar-refractivity contribution in [3.05, 3.63) is 45.6 Å². The number of aryl methyl sites for hydroxylation is 1. The molecule has 0 radical (unpaired) electrons. The van der Waals surface area contributed by atoms with Gasteiger partial charge in [0.15, 0.2) is 0 Å². The molecule has 18 heavy (non-hydrogen) atoms. The predicted octanol–water partition coefficient (Wildman–Crippen LogP) is 2.99. The Labute approximate surface area is 105 Å². The Bertz CT molecular complexity index is 488. The molecule has 6 heteroatoms. The number of nitrogens with one attached hydrogen (secondary N) is 1. The van der Waals surface area contributed by atoms with Gasteiger partial charge in [-0.3, -0.25) is 5.32 Å². The summed E-state index contributed by atoms with van der Waals surface area (Å²) in [4.78, 5) is 2.65. The van der Waals surface area contributed by atoms with Crippen molar-refractivity contribution in [2.45, 2.75) is 19.4 Å². The largest absolute Gasteiger partial charge is 0.298 e. The molecule has 1 rings (SSSR count). The first kappa shape index (κ1) is 14.0. The van der Waals surface area contributed by atoms with Gasteiger partial charge in [-0.1, -0.05) is 11.2 Å². The van der Waals surface area contributed by atoms with Gasteiger partial charge in [0.05, 0.1) is 6.07 Å². The van der Waals surface area contributed by atoms with Gasteiger partial charge >= 0.3 is 0 Å². The van der Waals surface area contributed by atoms with E-state index in [0.29, 0.717) is 19.5 Å². The zero-order valence-corrected chi connectivity index (χ0v) is 10.1. The van der Waals surface area contributed by atoms with E-state index in [1.807, 2.05) is 0 Å². The van der Waals surface area contributed by atoms with E-state index < -0.39 is 6.04 Å². The summed E-state index contributed by atoms with van der Waals surface area (Å²) in [6, 6.07) is 6.01. The van der Waals surface area contributed by atoms with Crippen LogP contribution in [-0.4, -0.2) is 13.1 Å². The van der Waals surface area contributed by atoms with Crippen molar-refractivity contribution in [2.75, 3.05) is 13.1 Å². The molecule has 0 fully saturated rings. The van der Waals surface area contributed by atoms with Crippen LogP contribution < -0.4 is 5.32 Å². The second-order valence-electron chi connectivity index (χ2n) is 3.83. The molecule has 1 atom stereocenters. The Morgan fingerprint density at radius 2 is 2.39 bits per heavy atom. The number of nitriles is 1. The van der Waals surface area contributed by atoms with Gasteiger partial charge in [0.1, 0.15) is 11.9 Å². The van der Waals surface area contributed by atoms with Crippen molar-refractivity contribution in [3.63, 3.8) is 0 Å². The summed E-state index contributed by atoms with van der Waals surface area (Å²) in [7, 11) is 0. The first-order chi connectivity index (χ1) is 8.69. The summed E-state index contributed by atoms with van der Waals surface area (Å²) in [6.45, 7) is 2.72. The Balaban J connectivity index is 2.61. The van der Waals surface area contributed by atoms with Crippen LogP contribution >= 0.6 is 0 Å². The van der Waals surface area contributed by atoms with Gasteiger partial charge in [-0.2, -0.15) is 5.26 Å². The molecular weight excluding hydrogens is 233 g/mol. The minimum absolute atomic E-state index is 0.309. The molecule has 1 N–H and O–H groups in total. The first-order valence-corrected chi connectivity index (χ1v) is 5.59. The summed E-state index contributed by atoms with van der Waals surface area (Å²) in [5, 5.41) is 15.5. The average molecular weight is 247 g/mol. The lowest BCUT2D eigenvalue weighted by molar-refractivity contribution is 0.598. The van der Waals surface area contributed by atoms with Crippen molar-refractivity contribution >= 4 is 0 Å². The van der Waals surface area contributed by atoms with Gasteiger partial charge in [-0.25, -0.2) is 4.39 Å². The van der Waals surface area contributed by atoms with E-state index in [4.69, 9.17) is 10.8 Å². The highest BCUT2D eigenvalue weighted by Gasteiger charge is 2.12. The van der Waals surface area contributed by atoms with E-state index in [1.54, 1.807) is 13.0 Å². The fraction of sp³-hybridized carbons (Fsp3) is 0.417.